The predicted molar refractivity (Wildman–Crippen MR) is 135 cm³/mol. The molecule has 0 aliphatic rings. The number of fused-ring (bicyclic) bond motifs is 1. The fourth-order valence-electron chi connectivity index (χ4n) is 4.13. The summed E-state index contributed by atoms with van der Waals surface area (Å²) in [5, 5.41) is 23.6. The summed E-state index contributed by atoms with van der Waals surface area (Å²) in [4.78, 5) is 17.2. The van der Waals surface area contributed by atoms with Gasteiger partial charge in [-0.15, -0.1) is 5.10 Å². The predicted octanol–water partition coefficient (Wildman–Crippen LogP) is 3.88. The number of carbonyl (C=O) groups excluding carboxylic acids is 1. The molecule has 5 aromatic rings. The third-order valence-corrected chi connectivity index (χ3v) is 5.95. The number of hydrogen-bond acceptors (Lipinski definition) is 5. The lowest BCUT2D eigenvalue weighted by Gasteiger charge is -2.18. The van der Waals surface area contributed by atoms with Gasteiger partial charge < -0.3 is 10.4 Å². The van der Waals surface area contributed by atoms with Crippen LogP contribution in [0.2, 0.25) is 0 Å². The summed E-state index contributed by atoms with van der Waals surface area (Å²) in [7, 11) is 0. The number of benzene rings is 3. The summed E-state index contributed by atoms with van der Waals surface area (Å²) in [6.07, 6.45) is 6.04. The number of rotatable bonds is 8. The van der Waals surface area contributed by atoms with E-state index in [1.54, 1.807) is 16.9 Å². The maximum Gasteiger partial charge on any atom is 0.251 e. The zero-order valence-corrected chi connectivity index (χ0v) is 19.1. The Hall–Kier alpha value is -4.36. The van der Waals surface area contributed by atoms with Crippen LogP contribution in [0.5, 0.6) is 0 Å². The third kappa shape index (κ3) is 5.26. The van der Waals surface area contributed by atoms with Gasteiger partial charge in [0.05, 0.1) is 25.4 Å². The minimum atomic E-state index is -0.376. The van der Waals surface area contributed by atoms with E-state index in [1.807, 2.05) is 79.1 Å². The minimum absolute atomic E-state index is 0.142. The van der Waals surface area contributed by atoms with Gasteiger partial charge in [0.15, 0.2) is 0 Å². The molecule has 0 fully saturated rings. The highest BCUT2D eigenvalue weighted by Gasteiger charge is 2.17. The maximum atomic E-state index is 13.1. The number of aromatic nitrogens is 4. The molecule has 1 amide bonds. The van der Waals surface area contributed by atoms with Crippen molar-refractivity contribution in [2.45, 2.75) is 19.0 Å². The number of hydrogen-bond donors (Lipinski definition) is 2. The van der Waals surface area contributed by atoms with Gasteiger partial charge in [0.2, 0.25) is 0 Å². The van der Waals surface area contributed by atoms with Gasteiger partial charge in [-0.05, 0) is 41.1 Å². The SMILES string of the molecule is O=C(NC(CO)Cc1ccccc1)c1ccccc1Cn1cc(-c2ccc3cnccc3c2)nn1. The Balaban J connectivity index is 1.32. The fourth-order valence-corrected chi connectivity index (χ4v) is 4.13. The van der Waals surface area contributed by atoms with E-state index >= 15 is 0 Å². The van der Waals surface area contributed by atoms with Crippen molar-refractivity contribution in [3.63, 3.8) is 0 Å². The molecule has 0 saturated heterocycles. The monoisotopic (exact) mass is 463 g/mol. The number of carbonyl (C=O) groups is 1. The van der Waals surface area contributed by atoms with Gasteiger partial charge in [0, 0.05) is 28.9 Å². The molecule has 7 heteroatoms. The van der Waals surface area contributed by atoms with Crippen molar-refractivity contribution >= 4 is 16.7 Å². The first-order valence-electron chi connectivity index (χ1n) is 11.5. The molecule has 0 aliphatic carbocycles. The smallest absolute Gasteiger partial charge is 0.251 e. The molecule has 174 valence electrons. The Bertz CT molecular complexity index is 1450. The highest BCUT2D eigenvalue weighted by molar-refractivity contribution is 5.96. The van der Waals surface area contributed by atoms with Crippen LogP contribution in [-0.2, 0) is 13.0 Å². The van der Waals surface area contributed by atoms with Gasteiger partial charge in [-0.25, -0.2) is 4.68 Å². The van der Waals surface area contributed by atoms with Crippen molar-refractivity contribution in [3.05, 3.63) is 114 Å². The molecule has 7 nitrogen and oxygen atoms in total. The van der Waals surface area contributed by atoms with Crippen LogP contribution in [0.15, 0.2) is 97.5 Å². The molecule has 3 aromatic carbocycles. The summed E-state index contributed by atoms with van der Waals surface area (Å²) < 4.78 is 1.73. The van der Waals surface area contributed by atoms with E-state index in [9.17, 15) is 9.90 Å². The van der Waals surface area contributed by atoms with E-state index < -0.39 is 0 Å². The number of pyridine rings is 1. The normalized spacial score (nSPS) is 11.9. The quantitative estimate of drug-likeness (QED) is 0.364. The van der Waals surface area contributed by atoms with Gasteiger partial charge in [-0.2, -0.15) is 0 Å². The van der Waals surface area contributed by atoms with Crippen LogP contribution in [-0.4, -0.2) is 43.6 Å². The van der Waals surface area contributed by atoms with Gasteiger partial charge in [-0.3, -0.25) is 9.78 Å². The highest BCUT2D eigenvalue weighted by atomic mass is 16.3. The lowest BCUT2D eigenvalue weighted by atomic mass is 10.0. The topological polar surface area (TPSA) is 92.9 Å². The first-order valence-corrected chi connectivity index (χ1v) is 11.5. The van der Waals surface area contributed by atoms with Crippen molar-refractivity contribution in [2.75, 3.05) is 6.61 Å². The summed E-state index contributed by atoms with van der Waals surface area (Å²) in [5.41, 5.74) is 4.15. The fraction of sp³-hybridized carbons (Fsp3) is 0.143. The summed E-state index contributed by atoms with van der Waals surface area (Å²) >= 11 is 0. The molecule has 2 heterocycles. The summed E-state index contributed by atoms with van der Waals surface area (Å²) in [6, 6.07) is 24.9. The van der Waals surface area contributed by atoms with Crippen LogP contribution in [0.4, 0.5) is 0 Å². The van der Waals surface area contributed by atoms with Crippen LogP contribution in [0, 0.1) is 0 Å². The largest absolute Gasteiger partial charge is 0.394 e. The van der Waals surface area contributed by atoms with Crippen LogP contribution in [0.25, 0.3) is 22.0 Å². The number of amides is 1. The molecule has 1 unspecified atom stereocenters. The lowest BCUT2D eigenvalue weighted by molar-refractivity contribution is 0.0915. The second kappa shape index (κ2) is 10.3. The van der Waals surface area contributed by atoms with Crippen LogP contribution < -0.4 is 5.32 Å². The minimum Gasteiger partial charge on any atom is -0.394 e. The molecule has 0 spiro atoms. The molecule has 2 aromatic heterocycles. The van der Waals surface area contributed by atoms with Gasteiger partial charge >= 0.3 is 0 Å². The van der Waals surface area contributed by atoms with Gasteiger partial charge in [0.25, 0.3) is 5.91 Å². The van der Waals surface area contributed by atoms with E-state index in [4.69, 9.17) is 0 Å². The molecule has 0 saturated carbocycles. The van der Waals surface area contributed by atoms with E-state index in [0.717, 1.165) is 33.2 Å². The van der Waals surface area contributed by atoms with E-state index in [0.29, 0.717) is 18.5 Å². The number of aliphatic hydroxyl groups is 1. The molecule has 35 heavy (non-hydrogen) atoms. The van der Waals surface area contributed by atoms with Crippen LogP contribution in [0.1, 0.15) is 21.5 Å². The van der Waals surface area contributed by atoms with Gasteiger partial charge in [-0.1, -0.05) is 65.9 Å². The Labute approximate surface area is 203 Å². The van der Waals surface area contributed by atoms with E-state index in [2.05, 4.69) is 26.7 Å². The zero-order valence-electron chi connectivity index (χ0n) is 19.1. The van der Waals surface area contributed by atoms with Crippen LogP contribution >= 0.6 is 0 Å². The van der Waals surface area contributed by atoms with Crippen LogP contribution in [0.3, 0.4) is 0 Å². The number of nitrogens with zero attached hydrogens (tertiary/aromatic N) is 4. The van der Waals surface area contributed by atoms with Crippen molar-refractivity contribution in [1.29, 1.82) is 0 Å². The molecule has 5 rings (SSSR count). The van der Waals surface area contributed by atoms with Gasteiger partial charge in [0.1, 0.15) is 5.69 Å². The van der Waals surface area contributed by atoms with Crippen molar-refractivity contribution in [1.82, 2.24) is 25.3 Å². The Morgan fingerprint density at radius 3 is 2.66 bits per heavy atom. The van der Waals surface area contributed by atoms with E-state index in [1.165, 1.54) is 0 Å². The first kappa shape index (κ1) is 22.4. The number of aliphatic hydroxyl groups excluding tert-OH is 1. The summed E-state index contributed by atoms with van der Waals surface area (Å²) in [6.45, 7) is 0.258. The average Bonchev–Trinajstić information content (AvgIpc) is 3.37. The Kier molecular flexibility index (Phi) is 6.59. The molecule has 0 radical (unpaired) electrons. The standard InChI is InChI=1S/C28H25N5O2/c34-19-25(14-20-6-2-1-3-7-20)30-28(35)26-9-5-4-8-24(26)17-33-18-27(31-32-33)22-10-11-23-16-29-13-12-21(23)15-22/h1-13,15-16,18,25,34H,14,17,19H2,(H,30,35). The zero-order chi connectivity index (χ0) is 24.0. The highest BCUT2D eigenvalue weighted by Crippen LogP contribution is 2.22. The molecule has 1 atom stereocenters. The Morgan fingerprint density at radius 1 is 0.971 bits per heavy atom. The number of nitrogens with one attached hydrogen (secondary N) is 1. The second-order valence-corrected chi connectivity index (χ2v) is 8.44. The van der Waals surface area contributed by atoms with E-state index in [-0.39, 0.29) is 18.6 Å². The lowest BCUT2D eigenvalue weighted by Crippen LogP contribution is -2.39. The summed E-state index contributed by atoms with van der Waals surface area (Å²) in [5.74, 6) is -0.223. The van der Waals surface area contributed by atoms with Crippen molar-refractivity contribution in [3.8, 4) is 11.3 Å². The molecular formula is C28H25N5O2. The molecule has 2 N–H and O–H groups in total. The molecule has 0 aliphatic heterocycles. The maximum absolute atomic E-state index is 13.1. The first-order chi connectivity index (χ1) is 17.2. The Morgan fingerprint density at radius 2 is 1.80 bits per heavy atom. The molecular weight excluding hydrogens is 438 g/mol. The van der Waals surface area contributed by atoms with Crippen molar-refractivity contribution in [2.24, 2.45) is 0 Å². The third-order valence-electron chi connectivity index (χ3n) is 5.95. The van der Waals surface area contributed by atoms with Crippen molar-refractivity contribution < 1.29 is 9.90 Å². The second-order valence-electron chi connectivity index (χ2n) is 8.44. The average molecular weight is 464 g/mol. The molecule has 0 bridgehead atoms.